The number of carbonyl (C=O) groups is 2. The number of hydrogen-bond donors (Lipinski definition) is 0. The highest BCUT2D eigenvalue weighted by Crippen LogP contribution is 2.30. The van der Waals surface area contributed by atoms with Gasteiger partial charge in [-0.3, -0.25) is 9.59 Å². The van der Waals surface area contributed by atoms with E-state index in [1.54, 1.807) is 24.3 Å². The van der Waals surface area contributed by atoms with Crippen LogP contribution in [0.5, 0.6) is 0 Å². The standard InChI is InChI=1S/C19H17NO5S/c1-2-3-4-5-6-13-26(23,24)25-20-18(21)15-11-7-9-14-10-8-12-16(17(14)15)19(20)22/h2-3,6-13H,4-5H2,1H3/b3-2-,13-6+. The lowest BCUT2D eigenvalue weighted by molar-refractivity contribution is -0.0145. The van der Waals surface area contributed by atoms with Crippen LogP contribution < -0.4 is 0 Å². The number of carbonyl (C=O) groups excluding carboxylic acids is 2. The molecule has 2 aromatic carbocycles. The largest absolute Gasteiger partial charge is 0.311 e. The molecule has 0 unspecified atom stereocenters. The highest BCUT2D eigenvalue weighted by Gasteiger charge is 2.36. The van der Waals surface area contributed by atoms with Crippen LogP contribution in [-0.2, 0) is 14.4 Å². The summed E-state index contributed by atoms with van der Waals surface area (Å²) in [4.78, 5) is 25.2. The van der Waals surface area contributed by atoms with E-state index >= 15 is 0 Å². The number of unbranched alkanes of at least 4 members (excludes halogenated alkanes) is 1. The molecule has 2 aromatic rings. The third-order valence-electron chi connectivity index (χ3n) is 3.91. The van der Waals surface area contributed by atoms with Crippen molar-refractivity contribution in [1.82, 2.24) is 5.06 Å². The van der Waals surface area contributed by atoms with Gasteiger partial charge in [-0.25, -0.2) is 0 Å². The first-order chi connectivity index (χ1) is 12.4. The smallest absolute Gasteiger partial charge is 0.266 e. The van der Waals surface area contributed by atoms with Crippen molar-refractivity contribution in [3.8, 4) is 0 Å². The number of hydrogen-bond acceptors (Lipinski definition) is 5. The second kappa shape index (κ2) is 7.23. The molecule has 0 saturated heterocycles. The maximum Gasteiger partial charge on any atom is 0.311 e. The quantitative estimate of drug-likeness (QED) is 0.440. The number of allylic oxidation sites excluding steroid dienone is 3. The van der Waals surface area contributed by atoms with Crippen molar-refractivity contribution in [2.24, 2.45) is 0 Å². The summed E-state index contributed by atoms with van der Waals surface area (Å²) in [6, 6.07) is 9.98. The van der Waals surface area contributed by atoms with Crippen LogP contribution in [0.25, 0.3) is 10.8 Å². The number of benzene rings is 2. The second-order valence-corrected chi connectivity index (χ2v) is 7.11. The van der Waals surface area contributed by atoms with Crippen LogP contribution in [0.4, 0.5) is 0 Å². The molecule has 26 heavy (non-hydrogen) atoms. The van der Waals surface area contributed by atoms with Gasteiger partial charge in [-0.2, -0.15) is 8.42 Å². The molecule has 1 aliphatic rings. The van der Waals surface area contributed by atoms with Crippen molar-refractivity contribution >= 4 is 32.7 Å². The summed E-state index contributed by atoms with van der Waals surface area (Å²) in [7, 11) is -4.23. The Morgan fingerprint density at radius 2 is 1.54 bits per heavy atom. The SMILES string of the molecule is C/C=C\CC/C=C/S(=O)(=O)ON1C(=O)c2cccc3cccc(c23)C1=O. The minimum Gasteiger partial charge on any atom is -0.266 e. The fraction of sp³-hybridized carbons (Fsp3) is 0.158. The van der Waals surface area contributed by atoms with Crippen molar-refractivity contribution in [3.05, 3.63) is 71.2 Å². The molecule has 3 rings (SSSR count). The van der Waals surface area contributed by atoms with Crippen molar-refractivity contribution < 1.29 is 22.3 Å². The molecular weight excluding hydrogens is 354 g/mol. The summed E-state index contributed by atoms with van der Waals surface area (Å²) in [5, 5.41) is 2.40. The summed E-state index contributed by atoms with van der Waals surface area (Å²) in [6.45, 7) is 1.87. The Balaban J connectivity index is 1.88. The Kier molecular flexibility index (Phi) is 5.01. The first-order valence-electron chi connectivity index (χ1n) is 8.07. The van der Waals surface area contributed by atoms with Gasteiger partial charge < -0.3 is 0 Å². The Bertz CT molecular complexity index is 986. The van der Waals surface area contributed by atoms with Crippen LogP contribution >= 0.6 is 0 Å². The lowest BCUT2D eigenvalue weighted by Gasteiger charge is -2.24. The Hall–Kier alpha value is -2.77. The molecule has 0 atom stereocenters. The summed E-state index contributed by atoms with van der Waals surface area (Å²) in [5.41, 5.74) is 0.454. The van der Waals surface area contributed by atoms with Gasteiger partial charge in [0.2, 0.25) is 0 Å². The predicted molar refractivity (Wildman–Crippen MR) is 97.6 cm³/mol. The summed E-state index contributed by atoms with van der Waals surface area (Å²) >= 11 is 0. The zero-order chi connectivity index (χ0) is 18.7. The summed E-state index contributed by atoms with van der Waals surface area (Å²) in [5.74, 6) is -1.60. The molecule has 0 aromatic heterocycles. The number of imide groups is 1. The van der Waals surface area contributed by atoms with Gasteiger partial charge in [0.1, 0.15) is 0 Å². The van der Waals surface area contributed by atoms with E-state index in [1.165, 1.54) is 18.2 Å². The van der Waals surface area contributed by atoms with E-state index in [0.29, 0.717) is 23.3 Å². The second-order valence-electron chi connectivity index (χ2n) is 5.70. The first-order valence-corrected chi connectivity index (χ1v) is 9.54. The minimum absolute atomic E-state index is 0.227. The van der Waals surface area contributed by atoms with E-state index in [4.69, 9.17) is 4.28 Å². The molecule has 0 N–H and O–H groups in total. The molecule has 134 valence electrons. The van der Waals surface area contributed by atoms with Crippen LogP contribution in [0.15, 0.2) is 60.0 Å². The topological polar surface area (TPSA) is 80.8 Å². The highest BCUT2D eigenvalue weighted by atomic mass is 32.2. The van der Waals surface area contributed by atoms with Gasteiger partial charge in [0.05, 0.1) is 16.5 Å². The molecular formula is C19H17NO5S. The third kappa shape index (κ3) is 3.44. The third-order valence-corrected chi connectivity index (χ3v) is 4.79. The zero-order valence-electron chi connectivity index (χ0n) is 14.1. The van der Waals surface area contributed by atoms with Crippen LogP contribution in [-0.4, -0.2) is 25.3 Å². The van der Waals surface area contributed by atoms with Gasteiger partial charge >= 0.3 is 10.1 Å². The number of nitrogens with zero attached hydrogens (tertiary/aromatic N) is 1. The van der Waals surface area contributed by atoms with Crippen molar-refractivity contribution in [2.45, 2.75) is 19.8 Å². The van der Waals surface area contributed by atoms with Gasteiger partial charge in [0, 0.05) is 5.39 Å². The summed E-state index contributed by atoms with van der Waals surface area (Å²) in [6.07, 6.45) is 6.36. The molecule has 1 aliphatic heterocycles. The molecule has 0 saturated carbocycles. The average Bonchev–Trinajstić information content (AvgIpc) is 2.63. The maximum atomic E-state index is 12.6. The lowest BCUT2D eigenvalue weighted by Crippen LogP contribution is -2.41. The minimum atomic E-state index is -4.23. The van der Waals surface area contributed by atoms with E-state index in [0.717, 1.165) is 10.8 Å². The van der Waals surface area contributed by atoms with Gasteiger partial charge in [0.25, 0.3) is 11.8 Å². The Morgan fingerprint density at radius 3 is 2.12 bits per heavy atom. The average molecular weight is 371 g/mol. The van der Waals surface area contributed by atoms with Gasteiger partial charge in [-0.15, -0.1) is 9.35 Å². The lowest BCUT2D eigenvalue weighted by atomic mass is 9.95. The van der Waals surface area contributed by atoms with E-state index in [2.05, 4.69) is 0 Å². The Labute approximate surface area is 151 Å². The molecule has 0 aliphatic carbocycles. The zero-order valence-corrected chi connectivity index (χ0v) is 14.9. The first kappa shape index (κ1) is 18.0. The van der Waals surface area contributed by atoms with Crippen LogP contribution in [0, 0.1) is 0 Å². The van der Waals surface area contributed by atoms with E-state index in [1.807, 2.05) is 19.1 Å². The molecule has 0 fully saturated rings. The number of rotatable bonds is 6. The van der Waals surface area contributed by atoms with Gasteiger partial charge in [0.15, 0.2) is 0 Å². The molecule has 0 radical (unpaired) electrons. The fourth-order valence-electron chi connectivity index (χ4n) is 2.75. The number of amides is 2. The Morgan fingerprint density at radius 1 is 0.962 bits per heavy atom. The van der Waals surface area contributed by atoms with Crippen molar-refractivity contribution in [2.75, 3.05) is 0 Å². The molecule has 6 nitrogen and oxygen atoms in total. The van der Waals surface area contributed by atoms with Crippen molar-refractivity contribution in [1.29, 1.82) is 0 Å². The monoisotopic (exact) mass is 371 g/mol. The normalized spacial score (nSPS) is 14.9. The molecule has 2 amide bonds. The van der Waals surface area contributed by atoms with Crippen LogP contribution in [0.2, 0.25) is 0 Å². The fourth-order valence-corrected chi connectivity index (χ4v) is 3.51. The predicted octanol–water partition coefficient (Wildman–Crippen LogP) is 3.57. The summed E-state index contributed by atoms with van der Waals surface area (Å²) < 4.78 is 29.0. The molecule has 0 spiro atoms. The number of hydroxylamine groups is 2. The highest BCUT2D eigenvalue weighted by molar-refractivity contribution is 7.89. The van der Waals surface area contributed by atoms with Crippen LogP contribution in [0.1, 0.15) is 40.5 Å². The van der Waals surface area contributed by atoms with E-state index in [9.17, 15) is 18.0 Å². The van der Waals surface area contributed by atoms with Gasteiger partial charge in [-0.05, 0) is 37.3 Å². The van der Waals surface area contributed by atoms with Gasteiger partial charge in [-0.1, -0.05) is 42.5 Å². The van der Waals surface area contributed by atoms with E-state index < -0.39 is 21.9 Å². The maximum absolute atomic E-state index is 12.6. The molecule has 0 bridgehead atoms. The molecule has 1 heterocycles. The van der Waals surface area contributed by atoms with Crippen LogP contribution in [0.3, 0.4) is 0 Å². The van der Waals surface area contributed by atoms with E-state index in [-0.39, 0.29) is 11.1 Å². The molecule has 7 heteroatoms. The van der Waals surface area contributed by atoms with Crippen molar-refractivity contribution in [3.63, 3.8) is 0 Å².